The highest BCUT2D eigenvalue weighted by Crippen LogP contribution is 2.13. The Kier molecular flexibility index (Phi) is 3.63. The van der Waals surface area contributed by atoms with Gasteiger partial charge in [0, 0.05) is 13.0 Å². The minimum atomic E-state index is -0.472. The molecule has 1 unspecified atom stereocenters. The highest BCUT2D eigenvalue weighted by atomic mass is 16.2. The lowest BCUT2D eigenvalue weighted by Crippen LogP contribution is -2.51. The Labute approximate surface area is 84.4 Å². The molecule has 0 aromatic carbocycles. The van der Waals surface area contributed by atoms with Gasteiger partial charge in [0.15, 0.2) is 0 Å². The first-order valence-electron chi connectivity index (χ1n) is 5.12. The third-order valence-electron chi connectivity index (χ3n) is 2.48. The lowest BCUT2D eigenvalue weighted by atomic mass is 10.0. The highest BCUT2D eigenvalue weighted by molar-refractivity contribution is 6.00. The Morgan fingerprint density at radius 2 is 2.14 bits per heavy atom. The van der Waals surface area contributed by atoms with Gasteiger partial charge >= 0.3 is 0 Å². The smallest absolute Gasteiger partial charge is 0.246 e. The number of hydrogen-bond donors (Lipinski definition) is 1. The fourth-order valence-electron chi connectivity index (χ4n) is 1.48. The number of nitrogens with two attached hydrogens (primary N) is 1. The van der Waals surface area contributed by atoms with E-state index in [-0.39, 0.29) is 11.8 Å². The summed E-state index contributed by atoms with van der Waals surface area (Å²) in [6, 6.07) is -0.472. The number of imide groups is 1. The van der Waals surface area contributed by atoms with Crippen LogP contribution in [0.2, 0.25) is 0 Å². The summed E-state index contributed by atoms with van der Waals surface area (Å²) >= 11 is 0. The topological polar surface area (TPSA) is 63.4 Å². The first-order chi connectivity index (χ1) is 6.52. The number of amides is 2. The zero-order valence-corrected chi connectivity index (χ0v) is 8.82. The summed E-state index contributed by atoms with van der Waals surface area (Å²) in [5, 5.41) is 0. The van der Waals surface area contributed by atoms with Gasteiger partial charge in [-0.25, -0.2) is 0 Å². The standard InChI is InChI=1S/C10H18N2O2/c1-7(2)5-6-12-9(13)4-3-8(11)10(12)14/h7-8H,3-6,11H2,1-2H3. The van der Waals surface area contributed by atoms with Gasteiger partial charge in [-0.3, -0.25) is 14.5 Å². The van der Waals surface area contributed by atoms with Crippen LogP contribution in [0.5, 0.6) is 0 Å². The molecular weight excluding hydrogens is 180 g/mol. The van der Waals surface area contributed by atoms with Crippen LogP contribution in [-0.2, 0) is 9.59 Å². The van der Waals surface area contributed by atoms with E-state index >= 15 is 0 Å². The number of carbonyl (C=O) groups is 2. The molecule has 0 bridgehead atoms. The van der Waals surface area contributed by atoms with Crippen molar-refractivity contribution >= 4 is 11.8 Å². The molecule has 1 rings (SSSR count). The number of nitrogens with zero attached hydrogens (tertiary/aromatic N) is 1. The van der Waals surface area contributed by atoms with Crippen molar-refractivity contribution in [3.05, 3.63) is 0 Å². The Hall–Kier alpha value is -0.900. The zero-order valence-electron chi connectivity index (χ0n) is 8.82. The van der Waals surface area contributed by atoms with Crippen molar-refractivity contribution in [2.45, 2.75) is 39.2 Å². The summed E-state index contributed by atoms with van der Waals surface area (Å²) < 4.78 is 0. The number of hydrogen-bond acceptors (Lipinski definition) is 3. The average molecular weight is 198 g/mol. The molecule has 0 spiro atoms. The largest absolute Gasteiger partial charge is 0.320 e. The summed E-state index contributed by atoms with van der Waals surface area (Å²) in [7, 11) is 0. The first kappa shape index (κ1) is 11.2. The molecule has 0 aromatic heterocycles. The fraction of sp³-hybridized carbons (Fsp3) is 0.800. The van der Waals surface area contributed by atoms with Gasteiger partial charge in [-0.15, -0.1) is 0 Å². The van der Waals surface area contributed by atoms with Gasteiger partial charge in [-0.1, -0.05) is 13.8 Å². The van der Waals surface area contributed by atoms with E-state index < -0.39 is 6.04 Å². The number of likely N-dealkylation sites (tertiary alicyclic amines) is 1. The second-order valence-electron chi connectivity index (χ2n) is 4.21. The van der Waals surface area contributed by atoms with Crippen LogP contribution in [-0.4, -0.2) is 29.3 Å². The molecule has 0 aromatic rings. The van der Waals surface area contributed by atoms with Crippen LogP contribution in [0.15, 0.2) is 0 Å². The van der Waals surface area contributed by atoms with E-state index in [0.717, 1.165) is 6.42 Å². The van der Waals surface area contributed by atoms with Crippen molar-refractivity contribution in [3.8, 4) is 0 Å². The molecule has 1 heterocycles. The molecule has 0 radical (unpaired) electrons. The van der Waals surface area contributed by atoms with Gasteiger partial charge in [0.05, 0.1) is 6.04 Å². The van der Waals surface area contributed by atoms with Crippen molar-refractivity contribution in [2.24, 2.45) is 11.7 Å². The maximum absolute atomic E-state index is 11.5. The van der Waals surface area contributed by atoms with E-state index in [4.69, 9.17) is 5.73 Å². The van der Waals surface area contributed by atoms with Gasteiger partial charge < -0.3 is 5.73 Å². The second-order valence-corrected chi connectivity index (χ2v) is 4.21. The van der Waals surface area contributed by atoms with Gasteiger partial charge in [0.1, 0.15) is 0 Å². The summed E-state index contributed by atoms with van der Waals surface area (Å²) in [5.74, 6) is 0.216. The van der Waals surface area contributed by atoms with Crippen molar-refractivity contribution in [2.75, 3.05) is 6.54 Å². The Bertz CT molecular complexity index is 238. The Morgan fingerprint density at radius 3 is 2.71 bits per heavy atom. The summed E-state index contributed by atoms with van der Waals surface area (Å²) in [4.78, 5) is 24.3. The van der Waals surface area contributed by atoms with Gasteiger partial charge in [-0.05, 0) is 18.8 Å². The third-order valence-corrected chi connectivity index (χ3v) is 2.48. The maximum atomic E-state index is 11.5. The molecule has 80 valence electrons. The van der Waals surface area contributed by atoms with E-state index in [2.05, 4.69) is 13.8 Å². The van der Waals surface area contributed by atoms with Crippen LogP contribution in [0.1, 0.15) is 33.1 Å². The van der Waals surface area contributed by atoms with Crippen molar-refractivity contribution in [1.82, 2.24) is 4.90 Å². The average Bonchev–Trinajstić information content (AvgIpc) is 2.11. The van der Waals surface area contributed by atoms with Gasteiger partial charge in [0.2, 0.25) is 11.8 Å². The molecule has 4 heteroatoms. The van der Waals surface area contributed by atoms with Crippen LogP contribution in [0.4, 0.5) is 0 Å². The fourth-order valence-corrected chi connectivity index (χ4v) is 1.48. The van der Waals surface area contributed by atoms with E-state index in [1.807, 2.05) is 0 Å². The van der Waals surface area contributed by atoms with Crippen LogP contribution >= 0.6 is 0 Å². The van der Waals surface area contributed by atoms with Crippen molar-refractivity contribution < 1.29 is 9.59 Å². The molecule has 1 fully saturated rings. The lowest BCUT2D eigenvalue weighted by Gasteiger charge is -2.29. The highest BCUT2D eigenvalue weighted by Gasteiger charge is 2.31. The van der Waals surface area contributed by atoms with Crippen LogP contribution < -0.4 is 5.73 Å². The van der Waals surface area contributed by atoms with E-state index in [1.165, 1.54) is 4.90 Å². The van der Waals surface area contributed by atoms with Crippen molar-refractivity contribution in [1.29, 1.82) is 0 Å². The maximum Gasteiger partial charge on any atom is 0.246 e. The van der Waals surface area contributed by atoms with E-state index in [0.29, 0.717) is 25.3 Å². The summed E-state index contributed by atoms with van der Waals surface area (Å²) in [5.41, 5.74) is 5.59. The molecule has 0 aliphatic carbocycles. The molecule has 1 atom stereocenters. The predicted octanol–water partition coefficient (Wildman–Crippen LogP) is 0.509. The van der Waals surface area contributed by atoms with Gasteiger partial charge in [0.25, 0.3) is 0 Å². The Morgan fingerprint density at radius 1 is 1.50 bits per heavy atom. The molecular formula is C10H18N2O2. The van der Waals surface area contributed by atoms with E-state index in [9.17, 15) is 9.59 Å². The Balaban J connectivity index is 2.54. The monoisotopic (exact) mass is 198 g/mol. The molecule has 1 aliphatic heterocycles. The van der Waals surface area contributed by atoms with Crippen LogP contribution in [0.25, 0.3) is 0 Å². The zero-order chi connectivity index (χ0) is 10.7. The first-order valence-corrected chi connectivity index (χ1v) is 5.12. The van der Waals surface area contributed by atoms with Crippen LogP contribution in [0.3, 0.4) is 0 Å². The molecule has 1 saturated heterocycles. The number of carbonyl (C=O) groups excluding carboxylic acids is 2. The molecule has 1 aliphatic rings. The summed E-state index contributed by atoms with van der Waals surface area (Å²) in [6.45, 7) is 4.65. The quantitative estimate of drug-likeness (QED) is 0.672. The molecule has 2 N–H and O–H groups in total. The molecule has 0 saturated carbocycles. The predicted molar refractivity (Wildman–Crippen MR) is 53.4 cm³/mol. The molecule has 4 nitrogen and oxygen atoms in total. The minimum absolute atomic E-state index is 0.0719. The second kappa shape index (κ2) is 4.55. The summed E-state index contributed by atoms with van der Waals surface area (Å²) in [6.07, 6.45) is 1.76. The third kappa shape index (κ3) is 2.54. The van der Waals surface area contributed by atoms with E-state index in [1.54, 1.807) is 0 Å². The normalized spacial score (nSPS) is 23.4. The van der Waals surface area contributed by atoms with Crippen LogP contribution in [0, 0.1) is 5.92 Å². The van der Waals surface area contributed by atoms with Crippen molar-refractivity contribution in [3.63, 3.8) is 0 Å². The van der Waals surface area contributed by atoms with Gasteiger partial charge in [-0.2, -0.15) is 0 Å². The number of piperidine rings is 1. The molecule has 2 amide bonds. The minimum Gasteiger partial charge on any atom is -0.320 e. The lowest BCUT2D eigenvalue weighted by molar-refractivity contribution is -0.149. The number of rotatable bonds is 3. The SMILES string of the molecule is CC(C)CCN1C(=O)CCC(N)C1=O. The molecule has 14 heavy (non-hydrogen) atoms.